The molecule has 1 aliphatic carbocycles. The van der Waals surface area contributed by atoms with Crippen LogP contribution >= 0.6 is 0 Å². The molecule has 0 amide bonds. The van der Waals surface area contributed by atoms with E-state index in [0.717, 1.165) is 5.92 Å². The van der Waals surface area contributed by atoms with E-state index in [-0.39, 0.29) is 5.56 Å². The number of hydrogen-bond acceptors (Lipinski definition) is 3. The van der Waals surface area contributed by atoms with E-state index in [1.54, 1.807) is 6.92 Å². The number of anilines is 1. The van der Waals surface area contributed by atoms with Crippen molar-refractivity contribution in [3.05, 3.63) is 22.2 Å². The third kappa shape index (κ3) is 2.84. The molecular weight excluding hydrogens is 202 g/mol. The van der Waals surface area contributed by atoms with Gasteiger partial charge < -0.3 is 10.3 Å². The Kier molecular flexibility index (Phi) is 3.27. The molecule has 0 saturated heterocycles. The van der Waals surface area contributed by atoms with Crippen molar-refractivity contribution in [2.45, 2.75) is 45.6 Å². The maximum absolute atomic E-state index is 11.3. The van der Waals surface area contributed by atoms with Crippen LogP contribution in [0.4, 0.5) is 5.82 Å². The number of aryl methyl sites for hydroxylation is 1. The third-order valence-corrected chi connectivity index (χ3v) is 3.15. The molecule has 4 heteroatoms. The first kappa shape index (κ1) is 11.2. The summed E-state index contributed by atoms with van der Waals surface area (Å²) in [6.45, 7) is 4.08. The van der Waals surface area contributed by atoms with Gasteiger partial charge in [-0.05, 0) is 25.7 Å². The van der Waals surface area contributed by atoms with Crippen LogP contribution in [0.15, 0.2) is 10.9 Å². The summed E-state index contributed by atoms with van der Waals surface area (Å²) in [6.07, 6.45) is 4.94. The van der Waals surface area contributed by atoms with Crippen molar-refractivity contribution in [3.8, 4) is 0 Å². The summed E-state index contributed by atoms with van der Waals surface area (Å²) in [5, 5.41) is 3.36. The Balaban J connectivity index is 2.05. The molecule has 0 aromatic carbocycles. The van der Waals surface area contributed by atoms with Crippen LogP contribution in [0.5, 0.6) is 0 Å². The Hall–Kier alpha value is -1.32. The van der Waals surface area contributed by atoms with Gasteiger partial charge in [0.15, 0.2) is 0 Å². The highest BCUT2D eigenvalue weighted by Crippen LogP contribution is 2.25. The van der Waals surface area contributed by atoms with Crippen LogP contribution in [0.1, 0.15) is 38.4 Å². The number of aromatic nitrogens is 2. The summed E-state index contributed by atoms with van der Waals surface area (Å²) in [6, 6.07) is 2.00. The van der Waals surface area contributed by atoms with E-state index in [1.165, 1.54) is 31.7 Å². The van der Waals surface area contributed by atoms with Crippen LogP contribution in [-0.4, -0.2) is 16.0 Å². The molecule has 0 aliphatic heterocycles. The maximum atomic E-state index is 11.3. The molecule has 2 N–H and O–H groups in total. The van der Waals surface area contributed by atoms with Gasteiger partial charge in [-0.15, -0.1) is 0 Å². The highest BCUT2D eigenvalue weighted by molar-refractivity contribution is 5.34. The van der Waals surface area contributed by atoms with Crippen molar-refractivity contribution in [1.82, 2.24) is 9.97 Å². The fourth-order valence-electron chi connectivity index (χ4n) is 2.43. The zero-order valence-electron chi connectivity index (χ0n) is 9.92. The maximum Gasteiger partial charge on any atom is 0.252 e. The number of nitrogens with zero attached hydrogens (tertiary/aromatic N) is 1. The largest absolute Gasteiger partial charge is 0.367 e. The molecule has 2 atom stereocenters. The van der Waals surface area contributed by atoms with E-state index in [2.05, 4.69) is 22.2 Å². The van der Waals surface area contributed by atoms with Gasteiger partial charge in [0.2, 0.25) is 0 Å². The van der Waals surface area contributed by atoms with Gasteiger partial charge in [-0.1, -0.05) is 19.8 Å². The van der Waals surface area contributed by atoms with Gasteiger partial charge in [-0.25, -0.2) is 4.98 Å². The van der Waals surface area contributed by atoms with Crippen LogP contribution < -0.4 is 10.9 Å². The molecule has 1 fully saturated rings. The first-order valence-corrected chi connectivity index (χ1v) is 5.98. The number of aromatic amines is 1. The SMILES string of the molecule is Cc1nc(NC2CCCC(C)C2)cc(=O)[nH]1. The first-order chi connectivity index (χ1) is 7.63. The molecule has 0 spiro atoms. The van der Waals surface area contributed by atoms with Crippen molar-refractivity contribution in [1.29, 1.82) is 0 Å². The molecule has 88 valence electrons. The normalized spacial score (nSPS) is 25.4. The van der Waals surface area contributed by atoms with Crippen molar-refractivity contribution in [3.63, 3.8) is 0 Å². The molecule has 2 rings (SSSR count). The Morgan fingerprint density at radius 3 is 3.00 bits per heavy atom. The average Bonchev–Trinajstić information content (AvgIpc) is 2.15. The zero-order chi connectivity index (χ0) is 11.5. The van der Waals surface area contributed by atoms with E-state index in [0.29, 0.717) is 17.7 Å². The number of rotatable bonds is 2. The number of hydrogen-bond donors (Lipinski definition) is 2. The lowest BCUT2D eigenvalue weighted by Crippen LogP contribution is -2.27. The molecule has 0 radical (unpaired) electrons. The molecule has 1 aromatic rings. The monoisotopic (exact) mass is 221 g/mol. The lowest BCUT2D eigenvalue weighted by atomic mass is 9.87. The second-order valence-electron chi connectivity index (χ2n) is 4.83. The van der Waals surface area contributed by atoms with Gasteiger partial charge in [0, 0.05) is 12.1 Å². The van der Waals surface area contributed by atoms with Crippen LogP contribution in [0.3, 0.4) is 0 Å². The summed E-state index contributed by atoms with van der Waals surface area (Å²) in [5.74, 6) is 2.15. The summed E-state index contributed by atoms with van der Waals surface area (Å²) in [5.41, 5.74) is -0.0844. The van der Waals surface area contributed by atoms with Gasteiger partial charge in [-0.2, -0.15) is 0 Å². The summed E-state index contributed by atoms with van der Waals surface area (Å²) in [7, 11) is 0. The number of nitrogens with one attached hydrogen (secondary N) is 2. The van der Waals surface area contributed by atoms with Gasteiger partial charge in [-0.3, -0.25) is 4.79 Å². The highest BCUT2D eigenvalue weighted by Gasteiger charge is 2.18. The van der Waals surface area contributed by atoms with E-state index in [1.807, 2.05) is 0 Å². The van der Waals surface area contributed by atoms with Crippen LogP contribution in [0.25, 0.3) is 0 Å². The fraction of sp³-hybridized carbons (Fsp3) is 0.667. The minimum atomic E-state index is -0.0844. The minimum absolute atomic E-state index is 0.0844. The minimum Gasteiger partial charge on any atom is -0.367 e. The third-order valence-electron chi connectivity index (χ3n) is 3.15. The Labute approximate surface area is 95.5 Å². The fourth-order valence-corrected chi connectivity index (χ4v) is 2.43. The molecule has 4 nitrogen and oxygen atoms in total. The predicted molar refractivity (Wildman–Crippen MR) is 64.6 cm³/mol. The molecule has 1 aromatic heterocycles. The molecule has 0 bridgehead atoms. The topological polar surface area (TPSA) is 57.8 Å². The van der Waals surface area contributed by atoms with E-state index >= 15 is 0 Å². The van der Waals surface area contributed by atoms with Crippen molar-refractivity contribution >= 4 is 5.82 Å². The van der Waals surface area contributed by atoms with Crippen molar-refractivity contribution in [2.24, 2.45) is 5.92 Å². The van der Waals surface area contributed by atoms with Crippen LogP contribution in [0, 0.1) is 12.8 Å². The van der Waals surface area contributed by atoms with Crippen LogP contribution in [0.2, 0.25) is 0 Å². The van der Waals surface area contributed by atoms with Gasteiger partial charge >= 0.3 is 0 Å². The Bertz CT molecular complexity index is 413. The predicted octanol–water partition coefficient (Wildman–Crippen LogP) is 2.07. The highest BCUT2D eigenvalue weighted by atomic mass is 16.1. The molecule has 16 heavy (non-hydrogen) atoms. The lowest BCUT2D eigenvalue weighted by Gasteiger charge is -2.27. The average molecular weight is 221 g/mol. The first-order valence-electron chi connectivity index (χ1n) is 5.98. The lowest BCUT2D eigenvalue weighted by molar-refractivity contribution is 0.358. The quantitative estimate of drug-likeness (QED) is 0.803. The van der Waals surface area contributed by atoms with E-state index < -0.39 is 0 Å². The molecule has 1 saturated carbocycles. The zero-order valence-corrected chi connectivity index (χ0v) is 9.92. The van der Waals surface area contributed by atoms with Crippen molar-refractivity contribution < 1.29 is 0 Å². The molecule has 1 aliphatic rings. The smallest absolute Gasteiger partial charge is 0.252 e. The van der Waals surface area contributed by atoms with E-state index in [4.69, 9.17) is 0 Å². The Morgan fingerprint density at radius 2 is 2.31 bits per heavy atom. The van der Waals surface area contributed by atoms with Crippen LogP contribution in [-0.2, 0) is 0 Å². The standard InChI is InChI=1S/C12H19N3O/c1-8-4-3-5-10(6-8)15-11-7-12(16)14-9(2)13-11/h7-8,10H,3-6H2,1-2H3,(H2,13,14,15,16). The second kappa shape index (κ2) is 4.68. The molecular formula is C12H19N3O. The molecule has 2 unspecified atom stereocenters. The van der Waals surface area contributed by atoms with Gasteiger partial charge in [0.25, 0.3) is 5.56 Å². The summed E-state index contributed by atoms with van der Waals surface area (Å²) >= 11 is 0. The van der Waals surface area contributed by atoms with Gasteiger partial charge in [0.05, 0.1) is 0 Å². The molecule has 1 heterocycles. The van der Waals surface area contributed by atoms with Gasteiger partial charge in [0.1, 0.15) is 11.6 Å². The van der Waals surface area contributed by atoms with E-state index in [9.17, 15) is 4.79 Å². The Morgan fingerprint density at radius 1 is 1.50 bits per heavy atom. The summed E-state index contributed by atoms with van der Waals surface area (Å²) in [4.78, 5) is 18.2. The summed E-state index contributed by atoms with van der Waals surface area (Å²) < 4.78 is 0. The second-order valence-corrected chi connectivity index (χ2v) is 4.83. The number of H-pyrrole nitrogens is 1. The van der Waals surface area contributed by atoms with Crippen molar-refractivity contribution in [2.75, 3.05) is 5.32 Å².